The van der Waals surface area contributed by atoms with Gasteiger partial charge in [-0.15, -0.1) is 0 Å². The van der Waals surface area contributed by atoms with Gasteiger partial charge in [0.1, 0.15) is 17.3 Å². The van der Waals surface area contributed by atoms with E-state index in [0.29, 0.717) is 10.8 Å². The van der Waals surface area contributed by atoms with Gasteiger partial charge in [0, 0.05) is 22.0 Å². The third-order valence-electron chi connectivity index (χ3n) is 3.19. The summed E-state index contributed by atoms with van der Waals surface area (Å²) in [6, 6.07) is 5.77. The molecule has 0 saturated heterocycles. The van der Waals surface area contributed by atoms with Gasteiger partial charge in [0.25, 0.3) is 0 Å². The summed E-state index contributed by atoms with van der Waals surface area (Å²) in [6.07, 6.45) is 0. The summed E-state index contributed by atoms with van der Waals surface area (Å²) >= 11 is 9.56. The van der Waals surface area contributed by atoms with Crippen LogP contribution in [-0.4, -0.2) is 9.55 Å². The molecule has 0 unspecified atom stereocenters. The van der Waals surface area contributed by atoms with Crippen molar-refractivity contribution in [3.63, 3.8) is 0 Å². The Balaban J connectivity index is 2.63. The number of hydrogen-bond donors (Lipinski definition) is 1. The van der Waals surface area contributed by atoms with Crippen LogP contribution in [0.15, 0.2) is 22.7 Å². The summed E-state index contributed by atoms with van der Waals surface area (Å²) in [5.41, 5.74) is 7.96. The fraction of sp³-hybridized carbons (Fsp3) is 0.400. The van der Waals surface area contributed by atoms with Crippen LogP contribution >= 0.6 is 27.5 Å². The second-order valence-electron chi connectivity index (χ2n) is 5.79. The first kappa shape index (κ1) is 15.4. The molecule has 108 valence electrons. The second-order valence-corrected chi connectivity index (χ2v) is 7.05. The van der Waals surface area contributed by atoms with E-state index in [-0.39, 0.29) is 5.41 Å². The molecule has 0 saturated carbocycles. The molecule has 2 N–H and O–H groups in total. The summed E-state index contributed by atoms with van der Waals surface area (Å²) in [5, 5.41) is 0.658. The second kappa shape index (κ2) is 5.41. The smallest absolute Gasteiger partial charge is 0.131 e. The van der Waals surface area contributed by atoms with Crippen molar-refractivity contribution >= 4 is 33.3 Å². The van der Waals surface area contributed by atoms with E-state index in [0.717, 1.165) is 28.1 Å². The van der Waals surface area contributed by atoms with Gasteiger partial charge in [-0.05, 0) is 35.0 Å². The van der Waals surface area contributed by atoms with Gasteiger partial charge < -0.3 is 10.3 Å². The summed E-state index contributed by atoms with van der Waals surface area (Å²) < 4.78 is 2.93. The van der Waals surface area contributed by atoms with Crippen LogP contribution in [0.25, 0.3) is 11.3 Å². The number of nitrogens with zero attached hydrogens (tertiary/aromatic N) is 2. The average Bonchev–Trinajstić information content (AvgIpc) is 2.69. The van der Waals surface area contributed by atoms with Crippen LogP contribution in [0.1, 0.15) is 33.5 Å². The van der Waals surface area contributed by atoms with E-state index in [1.165, 1.54) is 0 Å². The van der Waals surface area contributed by atoms with Crippen molar-refractivity contribution in [2.24, 2.45) is 0 Å². The van der Waals surface area contributed by atoms with E-state index >= 15 is 0 Å². The number of nitrogen functional groups attached to an aromatic ring is 1. The van der Waals surface area contributed by atoms with Crippen molar-refractivity contribution in [1.82, 2.24) is 9.55 Å². The number of imidazole rings is 1. The Morgan fingerprint density at radius 3 is 2.45 bits per heavy atom. The molecule has 0 aliphatic heterocycles. The van der Waals surface area contributed by atoms with Crippen LogP contribution in [0.4, 0.5) is 5.82 Å². The van der Waals surface area contributed by atoms with Crippen molar-refractivity contribution in [3.8, 4) is 11.3 Å². The monoisotopic (exact) mass is 355 g/mol. The summed E-state index contributed by atoms with van der Waals surface area (Å²) in [7, 11) is 0. The number of benzene rings is 1. The molecule has 0 spiro atoms. The molecule has 0 atom stereocenters. The van der Waals surface area contributed by atoms with Crippen LogP contribution < -0.4 is 5.73 Å². The maximum atomic E-state index is 6.28. The number of anilines is 1. The molecule has 0 amide bonds. The minimum Gasteiger partial charge on any atom is -0.383 e. The van der Waals surface area contributed by atoms with E-state index in [1.807, 2.05) is 18.2 Å². The van der Waals surface area contributed by atoms with Crippen LogP contribution in [0.5, 0.6) is 0 Å². The topological polar surface area (TPSA) is 43.8 Å². The Labute approximate surface area is 133 Å². The predicted octanol–water partition coefficient (Wildman–Crippen LogP) is 4.87. The normalized spacial score (nSPS) is 11.9. The first-order valence-electron chi connectivity index (χ1n) is 6.57. The molecule has 2 aromatic rings. The average molecular weight is 357 g/mol. The van der Waals surface area contributed by atoms with Crippen molar-refractivity contribution in [1.29, 1.82) is 0 Å². The van der Waals surface area contributed by atoms with Crippen LogP contribution in [-0.2, 0) is 12.0 Å². The highest BCUT2D eigenvalue weighted by Gasteiger charge is 2.24. The lowest BCUT2D eigenvalue weighted by molar-refractivity contribution is 0.509. The number of hydrogen-bond acceptors (Lipinski definition) is 2. The molecule has 0 radical (unpaired) electrons. The van der Waals surface area contributed by atoms with Gasteiger partial charge in [-0.2, -0.15) is 0 Å². The van der Waals surface area contributed by atoms with E-state index in [1.54, 1.807) is 0 Å². The van der Waals surface area contributed by atoms with Crippen molar-refractivity contribution in [3.05, 3.63) is 33.5 Å². The van der Waals surface area contributed by atoms with Gasteiger partial charge in [0.2, 0.25) is 0 Å². The lowest BCUT2D eigenvalue weighted by Crippen LogP contribution is -2.19. The quantitative estimate of drug-likeness (QED) is 0.834. The third-order valence-corrected chi connectivity index (χ3v) is 4.42. The maximum Gasteiger partial charge on any atom is 0.131 e. The van der Waals surface area contributed by atoms with E-state index in [4.69, 9.17) is 22.3 Å². The number of aromatic nitrogens is 2. The van der Waals surface area contributed by atoms with Crippen molar-refractivity contribution in [2.75, 3.05) is 5.73 Å². The largest absolute Gasteiger partial charge is 0.383 e. The van der Waals surface area contributed by atoms with Crippen molar-refractivity contribution < 1.29 is 0 Å². The highest BCUT2D eigenvalue weighted by atomic mass is 79.9. The van der Waals surface area contributed by atoms with Gasteiger partial charge in [0.05, 0.1) is 5.02 Å². The minimum absolute atomic E-state index is 0.0540. The molecule has 1 heterocycles. The third kappa shape index (κ3) is 2.72. The number of nitrogens with two attached hydrogens (primary N) is 1. The van der Waals surface area contributed by atoms with Crippen LogP contribution in [0, 0.1) is 0 Å². The Bertz CT molecular complexity index is 641. The summed E-state index contributed by atoms with van der Waals surface area (Å²) in [4.78, 5) is 4.76. The summed E-state index contributed by atoms with van der Waals surface area (Å²) in [5.74, 6) is 1.68. The Morgan fingerprint density at radius 2 is 2.00 bits per heavy atom. The van der Waals surface area contributed by atoms with Crippen LogP contribution in [0.3, 0.4) is 0 Å². The van der Waals surface area contributed by atoms with E-state index < -0.39 is 0 Å². The molecule has 2 rings (SSSR count). The Kier molecular flexibility index (Phi) is 4.17. The molecule has 1 aromatic heterocycles. The standard InChI is InChI=1S/C15H19BrClN3/c1-5-20-13(18)12(19-14(20)15(2,3)4)9-6-7-10(16)11(17)8-9/h6-8H,5,18H2,1-4H3. The van der Waals surface area contributed by atoms with Gasteiger partial charge in [-0.1, -0.05) is 38.4 Å². The molecule has 1 aromatic carbocycles. The summed E-state index contributed by atoms with van der Waals surface area (Å²) in [6.45, 7) is 9.29. The molecule has 0 aliphatic carbocycles. The first-order chi connectivity index (χ1) is 9.25. The first-order valence-corrected chi connectivity index (χ1v) is 7.74. The lowest BCUT2D eigenvalue weighted by atomic mass is 9.95. The van der Waals surface area contributed by atoms with Gasteiger partial charge in [-0.25, -0.2) is 4.98 Å². The van der Waals surface area contributed by atoms with Crippen LogP contribution in [0.2, 0.25) is 5.02 Å². The Morgan fingerprint density at radius 1 is 1.35 bits per heavy atom. The number of halogens is 2. The highest BCUT2D eigenvalue weighted by molar-refractivity contribution is 9.10. The molecule has 5 heteroatoms. The molecule has 0 bridgehead atoms. The number of rotatable bonds is 2. The molecular weight excluding hydrogens is 338 g/mol. The molecule has 0 fully saturated rings. The van der Waals surface area contributed by atoms with E-state index in [9.17, 15) is 0 Å². The molecule has 0 aliphatic rings. The fourth-order valence-electron chi connectivity index (χ4n) is 2.21. The van der Waals surface area contributed by atoms with Gasteiger partial charge >= 0.3 is 0 Å². The molecular formula is C15H19BrClN3. The molecule has 3 nitrogen and oxygen atoms in total. The SMILES string of the molecule is CCn1c(C(C)(C)C)nc(-c2ccc(Br)c(Cl)c2)c1N. The van der Waals surface area contributed by atoms with E-state index in [2.05, 4.69) is 48.2 Å². The fourth-order valence-corrected chi connectivity index (χ4v) is 2.64. The zero-order valence-corrected chi connectivity index (χ0v) is 14.5. The predicted molar refractivity (Wildman–Crippen MR) is 89.2 cm³/mol. The Hall–Kier alpha value is -1.00. The zero-order chi connectivity index (χ0) is 15.1. The van der Waals surface area contributed by atoms with Crippen molar-refractivity contribution in [2.45, 2.75) is 39.7 Å². The molecule has 20 heavy (non-hydrogen) atoms. The maximum absolute atomic E-state index is 6.28. The minimum atomic E-state index is -0.0540. The van der Waals surface area contributed by atoms with Gasteiger partial charge in [-0.3, -0.25) is 0 Å². The highest BCUT2D eigenvalue weighted by Crippen LogP contribution is 2.34. The zero-order valence-electron chi connectivity index (χ0n) is 12.2. The van der Waals surface area contributed by atoms with Gasteiger partial charge in [0.15, 0.2) is 0 Å². The lowest BCUT2D eigenvalue weighted by Gasteiger charge is -2.19.